The van der Waals surface area contributed by atoms with E-state index < -0.39 is 17.5 Å². The fraction of sp³-hybridized carbons (Fsp3) is 0.348. The van der Waals surface area contributed by atoms with E-state index in [2.05, 4.69) is 17.3 Å². The number of ether oxygens (including phenoxy) is 2. The summed E-state index contributed by atoms with van der Waals surface area (Å²) in [7, 11) is 1.57. The molecule has 2 aromatic rings. The van der Waals surface area contributed by atoms with Gasteiger partial charge in [-0.1, -0.05) is 31.9 Å². The van der Waals surface area contributed by atoms with Gasteiger partial charge in [0.1, 0.15) is 17.0 Å². The molecular formula is C23H27N3O4. The molecule has 0 bridgehead atoms. The number of imide groups is 1. The average molecular weight is 409 g/mol. The fourth-order valence-electron chi connectivity index (χ4n) is 3.17. The smallest absolute Gasteiger partial charge is 0.346 e. The highest BCUT2D eigenvalue weighted by molar-refractivity contribution is 6.07. The molecule has 1 N–H and O–H groups in total. The van der Waals surface area contributed by atoms with Crippen LogP contribution in [0.25, 0.3) is 0 Å². The molecule has 0 radical (unpaired) electrons. The van der Waals surface area contributed by atoms with Gasteiger partial charge in [0.05, 0.1) is 19.9 Å². The Balaban J connectivity index is 1.66. The third-order valence-corrected chi connectivity index (χ3v) is 5.06. The Bertz CT molecular complexity index is 909. The van der Waals surface area contributed by atoms with Crippen molar-refractivity contribution in [2.75, 3.05) is 13.7 Å². The average Bonchev–Trinajstić information content (AvgIpc) is 2.99. The maximum absolute atomic E-state index is 12.9. The highest BCUT2D eigenvalue weighted by Gasteiger charge is 2.49. The Morgan fingerprint density at radius 1 is 1.03 bits per heavy atom. The summed E-state index contributed by atoms with van der Waals surface area (Å²) in [5, 5.41) is 7.69. The maximum atomic E-state index is 12.9. The molecule has 1 fully saturated rings. The first-order chi connectivity index (χ1) is 14.5. The molecule has 0 aliphatic carbocycles. The molecule has 1 aliphatic rings. The summed E-state index contributed by atoms with van der Waals surface area (Å²) < 4.78 is 10.8. The van der Waals surface area contributed by atoms with Gasteiger partial charge in [-0.25, -0.2) is 4.79 Å². The largest absolute Gasteiger partial charge is 0.497 e. The van der Waals surface area contributed by atoms with Crippen LogP contribution in [0.2, 0.25) is 0 Å². The van der Waals surface area contributed by atoms with Crippen molar-refractivity contribution in [1.29, 1.82) is 0 Å². The van der Waals surface area contributed by atoms with E-state index in [0.29, 0.717) is 17.9 Å². The summed E-state index contributed by atoms with van der Waals surface area (Å²) in [5.74, 6) is 1.02. The Labute approximate surface area is 176 Å². The van der Waals surface area contributed by atoms with E-state index >= 15 is 0 Å². The first kappa shape index (κ1) is 21.4. The van der Waals surface area contributed by atoms with E-state index in [0.717, 1.165) is 35.6 Å². The van der Waals surface area contributed by atoms with E-state index in [1.807, 2.05) is 24.3 Å². The minimum atomic E-state index is -1.18. The molecule has 1 aliphatic heterocycles. The Hall–Kier alpha value is -3.35. The van der Waals surface area contributed by atoms with Crippen LogP contribution in [0.15, 0.2) is 53.6 Å². The lowest BCUT2D eigenvalue weighted by molar-refractivity contribution is -0.131. The first-order valence-corrected chi connectivity index (χ1v) is 10.1. The SMILES string of the molecule is CCCCCOc1ccc(/C=N\N2C(=O)N[C@](C)(c3ccc(OC)cc3)C2=O)cc1. The molecule has 0 unspecified atom stereocenters. The van der Waals surface area contributed by atoms with Crippen LogP contribution < -0.4 is 14.8 Å². The summed E-state index contributed by atoms with van der Waals surface area (Å²) in [6.45, 7) is 4.50. The van der Waals surface area contributed by atoms with Crippen molar-refractivity contribution < 1.29 is 19.1 Å². The van der Waals surface area contributed by atoms with Gasteiger partial charge in [0.25, 0.3) is 5.91 Å². The normalized spacial score (nSPS) is 18.7. The molecule has 0 aromatic heterocycles. The van der Waals surface area contributed by atoms with Crippen molar-refractivity contribution in [3.8, 4) is 11.5 Å². The van der Waals surface area contributed by atoms with E-state index in [4.69, 9.17) is 9.47 Å². The van der Waals surface area contributed by atoms with E-state index in [-0.39, 0.29) is 0 Å². The summed E-state index contributed by atoms with van der Waals surface area (Å²) in [6.07, 6.45) is 4.81. The number of carbonyl (C=O) groups is 2. The molecule has 2 aromatic carbocycles. The predicted octanol–water partition coefficient (Wildman–Crippen LogP) is 4.07. The van der Waals surface area contributed by atoms with Gasteiger partial charge in [-0.3, -0.25) is 4.79 Å². The molecule has 3 rings (SSSR count). The number of nitrogens with zero attached hydrogens (tertiary/aromatic N) is 2. The molecule has 0 saturated carbocycles. The topological polar surface area (TPSA) is 80.2 Å². The summed E-state index contributed by atoms with van der Waals surface area (Å²) in [6, 6.07) is 13.8. The molecule has 7 heteroatoms. The van der Waals surface area contributed by atoms with Gasteiger partial charge in [0.15, 0.2) is 0 Å². The van der Waals surface area contributed by atoms with Crippen LogP contribution in [-0.4, -0.2) is 36.9 Å². The standard InChI is InChI=1S/C23H27N3O4/c1-4-5-6-15-30-20-11-7-17(8-12-20)16-24-26-21(27)23(2,25-22(26)28)18-9-13-19(29-3)14-10-18/h7-14,16H,4-6,15H2,1-3H3,(H,25,28)/b24-16-/t23-/m1/s1. The number of nitrogens with one attached hydrogen (secondary N) is 1. The van der Waals surface area contributed by atoms with Crippen LogP contribution in [0, 0.1) is 0 Å². The van der Waals surface area contributed by atoms with Crippen molar-refractivity contribution in [1.82, 2.24) is 10.3 Å². The summed E-state index contributed by atoms with van der Waals surface area (Å²) in [4.78, 5) is 25.3. The van der Waals surface area contributed by atoms with E-state index in [9.17, 15) is 9.59 Å². The zero-order valence-corrected chi connectivity index (χ0v) is 17.6. The molecular weight excluding hydrogens is 382 g/mol. The Morgan fingerprint density at radius 2 is 1.70 bits per heavy atom. The predicted molar refractivity (Wildman–Crippen MR) is 115 cm³/mol. The third-order valence-electron chi connectivity index (χ3n) is 5.06. The molecule has 158 valence electrons. The van der Waals surface area contributed by atoms with Gasteiger partial charge in [-0.05, 0) is 60.9 Å². The van der Waals surface area contributed by atoms with Crippen molar-refractivity contribution in [2.45, 2.75) is 38.6 Å². The minimum absolute atomic E-state index is 0.440. The molecule has 0 spiro atoms. The minimum Gasteiger partial charge on any atom is -0.497 e. The zero-order chi connectivity index (χ0) is 21.6. The van der Waals surface area contributed by atoms with Crippen LogP contribution in [0.1, 0.15) is 44.2 Å². The van der Waals surface area contributed by atoms with Gasteiger partial charge >= 0.3 is 6.03 Å². The van der Waals surface area contributed by atoms with Crippen LogP contribution in [0.4, 0.5) is 4.79 Å². The maximum Gasteiger partial charge on any atom is 0.346 e. The van der Waals surface area contributed by atoms with Crippen molar-refractivity contribution in [3.63, 3.8) is 0 Å². The number of hydrazone groups is 1. The van der Waals surface area contributed by atoms with Gasteiger partial charge in [0.2, 0.25) is 0 Å². The lowest BCUT2D eigenvalue weighted by Gasteiger charge is -2.21. The molecule has 1 saturated heterocycles. The number of amides is 3. The zero-order valence-electron chi connectivity index (χ0n) is 17.6. The number of carbonyl (C=O) groups excluding carboxylic acids is 2. The quantitative estimate of drug-likeness (QED) is 0.385. The lowest BCUT2D eigenvalue weighted by atomic mass is 9.92. The van der Waals surface area contributed by atoms with E-state index in [1.54, 1.807) is 38.3 Å². The van der Waals surface area contributed by atoms with Gasteiger partial charge in [-0.2, -0.15) is 5.10 Å². The second-order valence-corrected chi connectivity index (χ2v) is 7.27. The van der Waals surface area contributed by atoms with Crippen molar-refractivity contribution in [2.24, 2.45) is 5.10 Å². The van der Waals surface area contributed by atoms with Crippen LogP contribution >= 0.6 is 0 Å². The van der Waals surface area contributed by atoms with Gasteiger partial charge in [-0.15, -0.1) is 5.01 Å². The van der Waals surface area contributed by atoms with Crippen molar-refractivity contribution >= 4 is 18.2 Å². The molecule has 7 nitrogen and oxygen atoms in total. The second kappa shape index (κ2) is 9.43. The lowest BCUT2D eigenvalue weighted by Crippen LogP contribution is -2.40. The summed E-state index contributed by atoms with van der Waals surface area (Å²) in [5.41, 5.74) is 0.232. The Morgan fingerprint density at radius 3 is 2.33 bits per heavy atom. The third kappa shape index (κ3) is 4.62. The summed E-state index contributed by atoms with van der Waals surface area (Å²) >= 11 is 0. The number of hydrogen-bond donors (Lipinski definition) is 1. The number of rotatable bonds is 9. The number of hydrogen-bond acceptors (Lipinski definition) is 5. The van der Waals surface area contributed by atoms with Gasteiger partial charge < -0.3 is 14.8 Å². The number of benzene rings is 2. The highest BCUT2D eigenvalue weighted by atomic mass is 16.5. The molecule has 1 atom stereocenters. The number of unbranched alkanes of at least 4 members (excludes halogenated alkanes) is 2. The second-order valence-electron chi connectivity index (χ2n) is 7.27. The monoisotopic (exact) mass is 409 g/mol. The number of urea groups is 1. The number of methoxy groups -OCH3 is 1. The highest BCUT2D eigenvalue weighted by Crippen LogP contribution is 2.30. The van der Waals surface area contributed by atoms with Gasteiger partial charge in [0, 0.05) is 0 Å². The molecule has 1 heterocycles. The van der Waals surface area contributed by atoms with Crippen LogP contribution in [0.3, 0.4) is 0 Å². The van der Waals surface area contributed by atoms with Crippen LogP contribution in [-0.2, 0) is 10.3 Å². The van der Waals surface area contributed by atoms with E-state index in [1.165, 1.54) is 6.21 Å². The van der Waals surface area contributed by atoms with Crippen molar-refractivity contribution in [3.05, 3.63) is 59.7 Å². The fourth-order valence-corrected chi connectivity index (χ4v) is 3.17. The van der Waals surface area contributed by atoms with Crippen LogP contribution in [0.5, 0.6) is 11.5 Å². The Kier molecular flexibility index (Phi) is 6.72. The molecule has 30 heavy (non-hydrogen) atoms. The first-order valence-electron chi connectivity index (χ1n) is 10.1. The molecule has 3 amide bonds.